The van der Waals surface area contributed by atoms with Crippen molar-refractivity contribution in [3.63, 3.8) is 0 Å². The average Bonchev–Trinajstić information content (AvgIpc) is 3.63. The van der Waals surface area contributed by atoms with E-state index >= 15 is 0 Å². The van der Waals surface area contributed by atoms with Crippen molar-refractivity contribution >= 4 is 66.2 Å². The lowest BCUT2D eigenvalue weighted by atomic mass is 9.64. The Balaban J connectivity index is 1.14. The minimum Gasteiger partial charge on any atom is -0.310 e. The maximum atomic E-state index is 2.55. The zero-order chi connectivity index (χ0) is 43.2. The molecular weight excluding hydrogens is 783 g/mol. The molecule has 1 heteroatoms. The standard InChI is InChI=1S/C64H45N/c1-3-4-17-42-30-33-49(36-41(42)2)65-60-28-15-13-26-56(60)64(57-27-14-16-29-61(57)65)58-39-47(62-50-22-9-5-18-43(50)37-44-19-6-10-23-51(44)62)31-34-54(58)55-35-32-48(40-59(55)64)63-52-24-11-7-20-45(52)38-46-21-8-12-25-53(46)63/h4-40H,3H2,1-2H3/b17-4-. The Bertz CT molecular complexity index is 3470. The molecule has 0 aromatic heterocycles. The van der Waals surface area contributed by atoms with Crippen LogP contribution in [0.1, 0.15) is 46.7 Å². The summed E-state index contributed by atoms with van der Waals surface area (Å²) in [5.74, 6) is 0. The first kappa shape index (κ1) is 37.5. The Hall–Kier alpha value is -8.00. The van der Waals surface area contributed by atoms with E-state index < -0.39 is 5.41 Å². The van der Waals surface area contributed by atoms with Crippen LogP contribution in [0.5, 0.6) is 0 Å². The number of nitrogens with zero attached hydrogens (tertiary/aromatic N) is 1. The molecule has 0 saturated heterocycles. The highest BCUT2D eigenvalue weighted by atomic mass is 15.2. The molecule has 65 heavy (non-hydrogen) atoms. The number of para-hydroxylation sites is 2. The summed E-state index contributed by atoms with van der Waals surface area (Å²) in [7, 11) is 0. The van der Waals surface area contributed by atoms with Crippen LogP contribution < -0.4 is 4.90 Å². The van der Waals surface area contributed by atoms with Gasteiger partial charge in [-0.1, -0.05) is 183 Å². The van der Waals surface area contributed by atoms with E-state index in [2.05, 4.69) is 243 Å². The van der Waals surface area contributed by atoms with E-state index in [4.69, 9.17) is 0 Å². The molecule has 306 valence electrons. The summed E-state index contributed by atoms with van der Waals surface area (Å²) in [4.78, 5) is 2.51. The number of anilines is 3. The van der Waals surface area contributed by atoms with E-state index in [1.807, 2.05) is 0 Å². The van der Waals surface area contributed by atoms with E-state index in [1.54, 1.807) is 0 Å². The van der Waals surface area contributed by atoms with Gasteiger partial charge in [-0.3, -0.25) is 0 Å². The summed E-state index contributed by atoms with van der Waals surface area (Å²) in [6.45, 7) is 4.43. The first-order valence-electron chi connectivity index (χ1n) is 23.0. The number of benzene rings is 11. The number of aryl methyl sites for hydroxylation is 1. The van der Waals surface area contributed by atoms with Crippen molar-refractivity contribution in [2.45, 2.75) is 25.7 Å². The third-order valence-electron chi connectivity index (χ3n) is 14.4. The topological polar surface area (TPSA) is 3.24 Å². The van der Waals surface area contributed by atoms with Crippen LogP contribution in [-0.4, -0.2) is 0 Å². The number of rotatable bonds is 5. The minimum absolute atomic E-state index is 0.639. The fourth-order valence-corrected chi connectivity index (χ4v) is 11.6. The predicted octanol–water partition coefficient (Wildman–Crippen LogP) is 17.5. The third-order valence-corrected chi connectivity index (χ3v) is 14.4. The second-order valence-electron chi connectivity index (χ2n) is 17.9. The highest BCUT2D eigenvalue weighted by Gasteiger charge is 2.52. The molecule has 0 radical (unpaired) electrons. The Kier molecular flexibility index (Phi) is 8.39. The predicted molar refractivity (Wildman–Crippen MR) is 277 cm³/mol. The molecule has 0 saturated carbocycles. The van der Waals surface area contributed by atoms with Gasteiger partial charge in [0.25, 0.3) is 0 Å². The van der Waals surface area contributed by atoms with Crippen molar-refractivity contribution in [3.8, 4) is 33.4 Å². The number of allylic oxidation sites excluding steroid dienone is 1. The van der Waals surface area contributed by atoms with Crippen LogP contribution >= 0.6 is 0 Å². The molecule has 1 aliphatic carbocycles. The maximum absolute atomic E-state index is 2.55. The summed E-state index contributed by atoms with van der Waals surface area (Å²) in [6, 6.07) is 80.3. The molecule has 0 amide bonds. The van der Waals surface area contributed by atoms with E-state index in [0.29, 0.717) is 0 Å². The highest BCUT2D eigenvalue weighted by Crippen LogP contribution is 2.64. The summed E-state index contributed by atoms with van der Waals surface area (Å²) in [6.07, 6.45) is 5.51. The van der Waals surface area contributed by atoms with Crippen molar-refractivity contribution in [1.29, 1.82) is 0 Å². The quantitative estimate of drug-likeness (QED) is 0.156. The second-order valence-corrected chi connectivity index (χ2v) is 17.9. The lowest BCUT2D eigenvalue weighted by molar-refractivity contribution is 0.753. The van der Waals surface area contributed by atoms with E-state index in [9.17, 15) is 0 Å². The van der Waals surface area contributed by atoms with Gasteiger partial charge in [0, 0.05) is 5.69 Å². The van der Waals surface area contributed by atoms with E-state index in [1.165, 1.54) is 121 Å². The second kappa shape index (κ2) is 14.5. The summed E-state index contributed by atoms with van der Waals surface area (Å²) < 4.78 is 0. The molecule has 1 spiro atoms. The number of hydrogen-bond donors (Lipinski definition) is 0. The van der Waals surface area contributed by atoms with Gasteiger partial charge in [-0.15, -0.1) is 0 Å². The lowest BCUT2D eigenvalue weighted by Gasteiger charge is -2.45. The molecule has 11 aromatic carbocycles. The van der Waals surface area contributed by atoms with Gasteiger partial charge in [-0.25, -0.2) is 0 Å². The smallest absolute Gasteiger partial charge is 0.0754 e. The maximum Gasteiger partial charge on any atom is 0.0754 e. The minimum atomic E-state index is -0.639. The van der Waals surface area contributed by atoms with Gasteiger partial charge in [0.15, 0.2) is 0 Å². The average molecular weight is 828 g/mol. The van der Waals surface area contributed by atoms with Crippen molar-refractivity contribution in [3.05, 3.63) is 252 Å². The monoisotopic (exact) mass is 827 g/mol. The third kappa shape index (κ3) is 5.46. The molecular formula is C64H45N. The fourth-order valence-electron chi connectivity index (χ4n) is 11.6. The van der Waals surface area contributed by atoms with Gasteiger partial charge in [0.05, 0.1) is 16.8 Å². The van der Waals surface area contributed by atoms with Gasteiger partial charge in [-0.2, -0.15) is 0 Å². The van der Waals surface area contributed by atoms with Crippen molar-refractivity contribution < 1.29 is 0 Å². The van der Waals surface area contributed by atoms with Crippen molar-refractivity contribution in [2.24, 2.45) is 0 Å². The molecule has 2 aliphatic rings. The SMILES string of the molecule is CC/C=C\c1ccc(N2c3ccccc3C3(c4cc(-c5c6ccccc6cc6ccccc56)ccc4-c4ccc(-c5c6ccccc6cc6ccccc56)cc43)c3ccccc32)cc1C. The van der Waals surface area contributed by atoms with Crippen LogP contribution in [0.15, 0.2) is 218 Å². The van der Waals surface area contributed by atoms with Gasteiger partial charge >= 0.3 is 0 Å². The molecule has 0 N–H and O–H groups in total. The van der Waals surface area contributed by atoms with Crippen LogP contribution in [0.25, 0.3) is 82.5 Å². The van der Waals surface area contributed by atoms with E-state index in [0.717, 1.165) is 12.1 Å². The first-order chi connectivity index (χ1) is 32.1. The molecule has 0 atom stereocenters. The summed E-state index contributed by atoms with van der Waals surface area (Å²) >= 11 is 0. The number of fused-ring (bicyclic) bond motifs is 13. The largest absolute Gasteiger partial charge is 0.310 e. The zero-order valence-corrected chi connectivity index (χ0v) is 36.5. The highest BCUT2D eigenvalue weighted by molar-refractivity contribution is 6.15. The molecule has 13 rings (SSSR count). The Morgan fingerprint density at radius 1 is 0.415 bits per heavy atom. The van der Waals surface area contributed by atoms with Crippen LogP contribution in [-0.2, 0) is 5.41 Å². The van der Waals surface area contributed by atoms with Crippen LogP contribution in [0.4, 0.5) is 17.1 Å². The Morgan fingerprint density at radius 3 is 1.29 bits per heavy atom. The van der Waals surface area contributed by atoms with Gasteiger partial charge < -0.3 is 4.90 Å². The van der Waals surface area contributed by atoms with Crippen LogP contribution in [0.2, 0.25) is 0 Å². The first-order valence-corrected chi connectivity index (χ1v) is 23.0. The summed E-state index contributed by atoms with van der Waals surface area (Å²) in [5, 5.41) is 10.1. The lowest BCUT2D eigenvalue weighted by Crippen LogP contribution is -2.36. The zero-order valence-electron chi connectivity index (χ0n) is 36.5. The fraction of sp³-hybridized carbons (Fsp3) is 0.0625. The summed E-state index contributed by atoms with van der Waals surface area (Å²) in [5.41, 5.74) is 18.2. The Labute approximate surface area is 380 Å². The van der Waals surface area contributed by atoms with Crippen LogP contribution in [0, 0.1) is 6.92 Å². The molecule has 1 nitrogen and oxygen atoms in total. The molecule has 0 fully saturated rings. The Morgan fingerprint density at radius 2 is 0.846 bits per heavy atom. The van der Waals surface area contributed by atoms with Crippen molar-refractivity contribution in [2.75, 3.05) is 4.90 Å². The normalized spacial score (nSPS) is 13.5. The van der Waals surface area contributed by atoms with E-state index in [-0.39, 0.29) is 0 Å². The van der Waals surface area contributed by atoms with Gasteiger partial charge in [0.2, 0.25) is 0 Å². The molecule has 1 aliphatic heterocycles. The van der Waals surface area contributed by atoms with Crippen molar-refractivity contribution in [1.82, 2.24) is 0 Å². The molecule has 0 bridgehead atoms. The van der Waals surface area contributed by atoms with Crippen LogP contribution in [0.3, 0.4) is 0 Å². The van der Waals surface area contributed by atoms with Gasteiger partial charge in [-0.05, 0) is 172 Å². The van der Waals surface area contributed by atoms with Gasteiger partial charge in [0.1, 0.15) is 0 Å². The molecule has 11 aromatic rings. The molecule has 0 unspecified atom stereocenters. The number of hydrogen-bond acceptors (Lipinski definition) is 1. The molecule has 1 heterocycles.